The highest BCUT2D eigenvalue weighted by molar-refractivity contribution is 7.14. The number of anilines is 1. The van der Waals surface area contributed by atoms with E-state index in [0.717, 1.165) is 38.7 Å². The van der Waals surface area contributed by atoms with Crippen molar-refractivity contribution in [2.75, 3.05) is 44.2 Å². The first-order chi connectivity index (χ1) is 12.1. The van der Waals surface area contributed by atoms with Gasteiger partial charge in [-0.05, 0) is 43.5 Å². The zero-order valence-corrected chi connectivity index (χ0v) is 15.6. The number of rotatable bonds is 5. The fourth-order valence-electron chi connectivity index (χ4n) is 2.91. The minimum Gasteiger partial charge on any atom is -0.466 e. The first-order valence-electron chi connectivity index (χ1n) is 8.68. The van der Waals surface area contributed by atoms with Crippen molar-refractivity contribution in [3.8, 4) is 0 Å². The number of guanidine groups is 1. The predicted molar refractivity (Wildman–Crippen MR) is 102 cm³/mol. The predicted octanol–water partition coefficient (Wildman–Crippen LogP) is 2.34. The molecule has 25 heavy (non-hydrogen) atoms. The van der Waals surface area contributed by atoms with Crippen LogP contribution in [-0.2, 0) is 5.60 Å². The lowest BCUT2D eigenvalue weighted by atomic mass is 10.0. The summed E-state index contributed by atoms with van der Waals surface area (Å²) in [6, 6.07) is 7.82. The zero-order chi connectivity index (χ0) is 17.7. The normalized spacial score (nSPS) is 18.3. The summed E-state index contributed by atoms with van der Waals surface area (Å²) in [5.74, 6) is 1.38. The fraction of sp³-hybridized carbons (Fsp3) is 0.500. The summed E-state index contributed by atoms with van der Waals surface area (Å²) >= 11 is 1.78. The number of aliphatic hydroxyl groups is 1. The molecule has 6 nitrogen and oxygen atoms in total. The third kappa shape index (κ3) is 4.35. The van der Waals surface area contributed by atoms with E-state index in [9.17, 15) is 5.11 Å². The Labute approximate surface area is 152 Å². The Morgan fingerprint density at radius 1 is 1.32 bits per heavy atom. The molecule has 1 atom stereocenters. The van der Waals surface area contributed by atoms with Crippen LogP contribution in [0.2, 0.25) is 0 Å². The van der Waals surface area contributed by atoms with E-state index in [-0.39, 0.29) is 6.54 Å². The largest absolute Gasteiger partial charge is 0.466 e. The van der Waals surface area contributed by atoms with Crippen LogP contribution in [0.25, 0.3) is 0 Å². The lowest BCUT2D eigenvalue weighted by Crippen LogP contribution is -2.52. The van der Waals surface area contributed by atoms with Crippen molar-refractivity contribution >= 4 is 22.3 Å². The van der Waals surface area contributed by atoms with Gasteiger partial charge < -0.3 is 24.6 Å². The number of piperazine rings is 1. The summed E-state index contributed by atoms with van der Waals surface area (Å²) in [4.78, 5) is 9.32. The van der Waals surface area contributed by atoms with Crippen LogP contribution >= 0.6 is 11.3 Å². The number of nitrogens with one attached hydrogen (secondary N) is 1. The van der Waals surface area contributed by atoms with Crippen LogP contribution in [0.15, 0.2) is 45.3 Å². The molecule has 0 spiro atoms. The van der Waals surface area contributed by atoms with Crippen molar-refractivity contribution in [1.29, 1.82) is 0 Å². The highest BCUT2D eigenvalue weighted by atomic mass is 32.1. The van der Waals surface area contributed by atoms with Crippen molar-refractivity contribution in [3.05, 3.63) is 41.7 Å². The highest BCUT2D eigenvalue weighted by Crippen LogP contribution is 2.23. The van der Waals surface area contributed by atoms with E-state index >= 15 is 0 Å². The Bertz CT molecular complexity index is 659. The van der Waals surface area contributed by atoms with Gasteiger partial charge in [-0.1, -0.05) is 0 Å². The van der Waals surface area contributed by atoms with Gasteiger partial charge in [-0.15, -0.1) is 11.3 Å². The van der Waals surface area contributed by atoms with Gasteiger partial charge in [0.05, 0.1) is 17.8 Å². The quantitative estimate of drug-likeness (QED) is 0.631. The maximum atomic E-state index is 10.6. The minimum atomic E-state index is -1.11. The van der Waals surface area contributed by atoms with E-state index in [1.54, 1.807) is 36.7 Å². The maximum absolute atomic E-state index is 10.6. The molecule has 0 saturated carbocycles. The molecule has 1 aliphatic rings. The second-order valence-electron chi connectivity index (χ2n) is 6.35. The SMILES string of the molecule is CCNC(=NCC(C)(O)c1ccco1)N1CCN(c2cccs2)CC1. The van der Waals surface area contributed by atoms with Crippen molar-refractivity contribution in [2.24, 2.45) is 4.99 Å². The average molecular weight is 362 g/mol. The van der Waals surface area contributed by atoms with E-state index < -0.39 is 5.60 Å². The Hall–Kier alpha value is -1.99. The van der Waals surface area contributed by atoms with Crippen molar-refractivity contribution < 1.29 is 9.52 Å². The van der Waals surface area contributed by atoms with Crippen molar-refractivity contribution in [3.63, 3.8) is 0 Å². The molecule has 1 saturated heterocycles. The van der Waals surface area contributed by atoms with Crippen molar-refractivity contribution in [1.82, 2.24) is 10.2 Å². The van der Waals surface area contributed by atoms with Gasteiger partial charge in [0.25, 0.3) is 0 Å². The molecule has 0 bridgehead atoms. The van der Waals surface area contributed by atoms with E-state index in [1.165, 1.54) is 5.00 Å². The summed E-state index contributed by atoms with van der Waals surface area (Å²) in [6.07, 6.45) is 1.57. The molecule has 7 heteroatoms. The number of furan rings is 1. The number of hydrogen-bond acceptors (Lipinski definition) is 5. The van der Waals surface area contributed by atoms with E-state index in [0.29, 0.717) is 5.76 Å². The molecule has 3 rings (SSSR count). The number of aliphatic imine (C=N–C) groups is 1. The molecule has 136 valence electrons. The zero-order valence-electron chi connectivity index (χ0n) is 14.8. The molecule has 2 aromatic rings. The third-order valence-corrected chi connectivity index (χ3v) is 5.25. The first-order valence-corrected chi connectivity index (χ1v) is 9.56. The molecular formula is C18H26N4O2S. The van der Waals surface area contributed by atoms with Crippen LogP contribution in [0, 0.1) is 0 Å². The molecule has 0 radical (unpaired) electrons. The Balaban J connectivity index is 1.63. The molecule has 1 aliphatic heterocycles. The second-order valence-corrected chi connectivity index (χ2v) is 7.27. The van der Waals surface area contributed by atoms with E-state index in [2.05, 4.69) is 44.5 Å². The lowest BCUT2D eigenvalue weighted by molar-refractivity contribution is 0.0434. The van der Waals surface area contributed by atoms with Gasteiger partial charge in [-0.25, -0.2) is 4.99 Å². The molecule has 0 aliphatic carbocycles. The molecule has 1 fully saturated rings. The molecule has 0 aromatic carbocycles. The molecular weight excluding hydrogens is 336 g/mol. The summed E-state index contributed by atoms with van der Waals surface area (Å²) < 4.78 is 5.33. The Kier molecular flexibility index (Phi) is 5.65. The second kappa shape index (κ2) is 7.93. The molecule has 2 N–H and O–H groups in total. The molecule has 3 heterocycles. The van der Waals surface area contributed by atoms with Gasteiger partial charge >= 0.3 is 0 Å². The maximum Gasteiger partial charge on any atom is 0.194 e. The van der Waals surface area contributed by atoms with Gasteiger partial charge in [-0.2, -0.15) is 0 Å². The average Bonchev–Trinajstić information content (AvgIpc) is 3.32. The summed E-state index contributed by atoms with van der Waals surface area (Å²) in [7, 11) is 0. The Morgan fingerprint density at radius 2 is 2.12 bits per heavy atom. The van der Waals surface area contributed by atoms with Crippen LogP contribution in [-0.4, -0.2) is 55.2 Å². The smallest absolute Gasteiger partial charge is 0.194 e. The van der Waals surface area contributed by atoms with Crippen LogP contribution < -0.4 is 10.2 Å². The third-order valence-electron chi connectivity index (χ3n) is 4.32. The number of nitrogens with zero attached hydrogens (tertiary/aromatic N) is 3. The monoisotopic (exact) mass is 362 g/mol. The van der Waals surface area contributed by atoms with Gasteiger partial charge in [0.1, 0.15) is 11.4 Å². The van der Waals surface area contributed by atoms with Crippen LogP contribution in [0.5, 0.6) is 0 Å². The summed E-state index contributed by atoms with van der Waals surface area (Å²) in [6.45, 7) is 8.61. The van der Waals surface area contributed by atoms with Gasteiger partial charge in [0.2, 0.25) is 0 Å². The van der Waals surface area contributed by atoms with Gasteiger partial charge in [-0.3, -0.25) is 0 Å². The number of thiophene rings is 1. The van der Waals surface area contributed by atoms with E-state index in [1.807, 2.05) is 0 Å². The van der Waals surface area contributed by atoms with Crippen molar-refractivity contribution in [2.45, 2.75) is 19.4 Å². The van der Waals surface area contributed by atoms with Crippen LogP contribution in [0.1, 0.15) is 19.6 Å². The summed E-state index contributed by atoms with van der Waals surface area (Å²) in [5.41, 5.74) is -1.11. The van der Waals surface area contributed by atoms with E-state index in [4.69, 9.17) is 4.42 Å². The minimum absolute atomic E-state index is 0.258. The molecule has 2 aromatic heterocycles. The number of hydrogen-bond donors (Lipinski definition) is 2. The first kappa shape index (κ1) is 17.8. The standard InChI is InChI=1S/C18H26N4O2S/c1-3-19-17(20-14-18(2,23)15-6-4-12-24-15)22-10-8-21(9-11-22)16-7-5-13-25-16/h4-7,12-13,23H,3,8-11,14H2,1-2H3,(H,19,20). The summed E-state index contributed by atoms with van der Waals surface area (Å²) in [5, 5.41) is 17.4. The highest BCUT2D eigenvalue weighted by Gasteiger charge is 2.27. The van der Waals surface area contributed by atoms with Crippen LogP contribution in [0.4, 0.5) is 5.00 Å². The fourth-order valence-corrected chi connectivity index (χ4v) is 3.69. The van der Waals surface area contributed by atoms with Crippen LogP contribution in [0.3, 0.4) is 0 Å². The van der Waals surface area contributed by atoms with Gasteiger partial charge in [0, 0.05) is 32.7 Å². The lowest BCUT2D eigenvalue weighted by Gasteiger charge is -2.37. The topological polar surface area (TPSA) is 64.2 Å². The molecule has 0 amide bonds. The Morgan fingerprint density at radius 3 is 2.72 bits per heavy atom. The van der Waals surface area contributed by atoms with Gasteiger partial charge in [0.15, 0.2) is 5.96 Å². The molecule has 1 unspecified atom stereocenters.